The average molecular weight is 943 g/mol. The smallest absolute Gasteiger partial charge is 0.145 e. The molecule has 0 saturated heterocycles. The Hall–Kier alpha value is -10.4. The lowest BCUT2D eigenvalue weighted by molar-refractivity contribution is 0.672. The summed E-state index contributed by atoms with van der Waals surface area (Å²) in [5.41, 5.74) is 15.7. The lowest BCUT2D eigenvalue weighted by Gasteiger charge is -2.25. The predicted molar refractivity (Wildman–Crippen MR) is 301 cm³/mol. The van der Waals surface area contributed by atoms with Crippen molar-refractivity contribution in [1.29, 1.82) is 10.5 Å². The molecule has 15 rings (SSSR count). The zero-order valence-electron chi connectivity index (χ0n) is 39.5. The largest absolute Gasteiger partial charge is 0.455 e. The van der Waals surface area contributed by atoms with Gasteiger partial charge in [-0.1, -0.05) is 170 Å². The van der Waals surface area contributed by atoms with E-state index < -0.39 is 0 Å². The number of para-hydroxylation sites is 2. The van der Waals surface area contributed by atoms with Gasteiger partial charge in [0, 0.05) is 43.4 Å². The van der Waals surface area contributed by atoms with Crippen molar-refractivity contribution in [3.63, 3.8) is 0 Å². The lowest BCUT2D eigenvalue weighted by atomic mass is 9.86. The molecule has 0 amide bonds. The van der Waals surface area contributed by atoms with Crippen LogP contribution in [0.4, 0.5) is 0 Å². The molecule has 0 spiro atoms. The summed E-state index contributed by atoms with van der Waals surface area (Å²) in [7, 11) is 0. The van der Waals surface area contributed by atoms with E-state index in [0.29, 0.717) is 33.6 Å². The molecular formula is C68H38N4O2. The maximum absolute atomic E-state index is 12.2. The monoisotopic (exact) mass is 942 g/mol. The topological polar surface area (TPSA) is 83.7 Å². The van der Waals surface area contributed by atoms with Gasteiger partial charge >= 0.3 is 0 Å². The van der Waals surface area contributed by atoms with Gasteiger partial charge in [0.25, 0.3) is 0 Å². The van der Waals surface area contributed by atoms with Gasteiger partial charge in [0.2, 0.25) is 0 Å². The summed E-state index contributed by atoms with van der Waals surface area (Å²) < 4.78 is 18.2. The van der Waals surface area contributed by atoms with Crippen molar-refractivity contribution < 1.29 is 8.83 Å². The van der Waals surface area contributed by atoms with Crippen LogP contribution in [-0.2, 0) is 0 Å². The maximum Gasteiger partial charge on any atom is 0.145 e. The van der Waals surface area contributed by atoms with E-state index in [4.69, 9.17) is 8.83 Å². The molecule has 0 aliphatic rings. The maximum atomic E-state index is 12.2. The fourth-order valence-electron chi connectivity index (χ4n) is 11.8. The van der Waals surface area contributed by atoms with E-state index >= 15 is 0 Å². The lowest BCUT2D eigenvalue weighted by Crippen LogP contribution is -2.11. The Morgan fingerprint density at radius 1 is 0.297 bits per heavy atom. The standard InChI is InChI=1S/C68H38N4O2/c69-39-53-62(44-23-11-4-12-24-44)66(72-56-34-30-46(42-19-7-2-8-20-42)38-52(56)64-58(72)36-32-50-48-26-14-16-28-60(48)74-68(50)64)54(40-70)61(43-21-9-3-10-22-43)65(53)71-55-33-29-45(41-17-5-1-6-18-41)37-51(55)63-57(71)35-31-49-47-25-13-15-27-59(47)73-67(49)63/h1-38H. The summed E-state index contributed by atoms with van der Waals surface area (Å²) in [6.45, 7) is 0. The number of benzene rings is 11. The molecule has 0 N–H and O–H groups in total. The molecule has 15 aromatic rings. The molecular weight excluding hydrogens is 905 g/mol. The Kier molecular flexibility index (Phi) is 8.99. The van der Waals surface area contributed by atoms with E-state index in [1.165, 1.54) is 0 Å². The van der Waals surface area contributed by atoms with Crippen molar-refractivity contribution in [2.45, 2.75) is 0 Å². The van der Waals surface area contributed by atoms with Gasteiger partial charge in [-0.3, -0.25) is 0 Å². The Morgan fingerprint density at radius 3 is 1.04 bits per heavy atom. The van der Waals surface area contributed by atoms with Crippen molar-refractivity contribution in [2.75, 3.05) is 0 Å². The van der Waals surface area contributed by atoms with Gasteiger partial charge in [0.1, 0.15) is 34.5 Å². The second-order valence-electron chi connectivity index (χ2n) is 18.9. The molecule has 342 valence electrons. The number of hydrogen-bond acceptors (Lipinski definition) is 4. The first-order valence-corrected chi connectivity index (χ1v) is 24.7. The molecule has 0 fully saturated rings. The highest BCUT2D eigenvalue weighted by atomic mass is 16.3. The van der Waals surface area contributed by atoms with Crippen LogP contribution in [0.25, 0.3) is 143 Å². The van der Waals surface area contributed by atoms with Crippen LogP contribution >= 0.6 is 0 Å². The van der Waals surface area contributed by atoms with Gasteiger partial charge in [-0.05, 0) is 94.0 Å². The quantitative estimate of drug-likeness (QED) is 0.166. The SMILES string of the molecule is N#Cc1c(-c2ccccc2)c(-n2c3ccc(-c4ccccc4)cc3c3c4oc5ccccc5c4ccc32)c(C#N)c(-c2ccccc2)c1-n1c2ccc(-c3ccccc3)cc2c2c3oc4ccccc4c3ccc21. The van der Waals surface area contributed by atoms with E-state index in [1.54, 1.807) is 0 Å². The number of nitrogens with zero attached hydrogens (tertiary/aromatic N) is 4. The number of furan rings is 2. The third kappa shape index (κ3) is 5.91. The highest BCUT2D eigenvalue weighted by molar-refractivity contribution is 6.26. The fourth-order valence-corrected chi connectivity index (χ4v) is 11.8. The van der Waals surface area contributed by atoms with E-state index in [0.717, 1.165) is 121 Å². The van der Waals surface area contributed by atoms with Crippen LogP contribution in [0.3, 0.4) is 0 Å². The van der Waals surface area contributed by atoms with Crippen LogP contribution in [0.5, 0.6) is 0 Å². The van der Waals surface area contributed by atoms with E-state index in [9.17, 15) is 10.5 Å². The minimum absolute atomic E-state index is 0.417. The molecule has 0 aliphatic heterocycles. The van der Waals surface area contributed by atoms with Crippen LogP contribution in [-0.4, -0.2) is 9.13 Å². The van der Waals surface area contributed by atoms with E-state index in [1.807, 2.05) is 109 Å². The van der Waals surface area contributed by atoms with Crippen molar-refractivity contribution >= 4 is 87.5 Å². The van der Waals surface area contributed by atoms with Gasteiger partial charge < -0.3 is 18.0 Å². The Bertz CT molecular complexity index is 4580. The molecule has 6 heteroatoms. The minimum atomic E-state index is 0.417. The Balaban J connectivity index is 1.15. The van der Waals surface area contributed by atoms with Gasteiger partial charge in [0.15, 0.2) is 0 Å². The molecule has 0 bridgehead atoms. The third-order valence-electron chi connectivity index (χ3n) is 15.0. The number of aromatic nitrogens is 2. The van der Waals surface area contributed by atoms with Crippen molar-refractivity contribution in [1.82, 2.24) is 9.13 Å². The van der Waals surface area contributed by atoms with E-state index in [2.05, 4.69) is 143 Å². The average Bonchev–Trinajstić information content (AvgIpc) is 4.25. The molecule has 74 heavy (non-hydrogen) atoms. The summed E-state index contributed by atoms with van der Waals surface area (Å²) in [6, 6.07) is 84.5. The molecule has 4 aromatic heterocycles. The molecule has 0 aliphatic carbocycles. The first-order chi connectivity index (χ1) is 36.7. The highest BCUT2D eigenvalue weighted by Gasteiger charge is 2.33. The van der Waals surface area contributed by atoms with Crippen molar-refractivity contribution in [3.05, 3.63) is 242 Å². The number of hydrogen-bond donors (Lipinski definition) is 0. The summed E-state index contributed by atoms with van der Waals surface area (Å²) in [5.74, 6) is 0. The summed E-state index contributed by atoms with van der Waals surface area (Å²) in [5, 5.41) is 32.3. The van der Waals surface area contributed by atoms with Crippen molar-refractivity contribution in [3.8, 4) is 68.0 Å². The molecule has 6 nitrogen and oxygen atoms in total. The van der Waals surface area contributed by atoms with Crippen molar-refractivity contribution in [2.24, 2.45) is 0 Å². The first kappa shape index (κ1) is 41.4. The van der Waals surface area contributed by atoms with Crippen LogP contribution in [0.1, 0.15) is 11.1 Å². The summed E-state index contributed by atoms with van der Waals surface area (Å²) in [4.78, 5) is 0. The second kappa shape index (κ2) is 16.1. The molecule has 4 heterocycles. The van der Waals surface area contributed by atoms with Crippen LogP contribution in [0.15, 0.2) is 239 Å². The molecule has 11 aromatic carbocycles. The predicted octanol–water partition coefficient (Wildman–Crippen LogP) is 18.1. The van der Waals surface area contributed by atoms with Gasteiger partial charge in [-0.2, -0.15) is 10.5 Å². The van der Waals surface area contributed by atoms with E-state index in [-0.39, 0.29) is 0 Å². The Labute approximate surface area is 423 Å². The number of rotatable bonds is 6. The zero-order chi connectivity index (χ0) is 49.0. The highest BCUT2D eigenvalue weighted by Crippen LogP contribution is 2.51. The molecule has 0 radical (unpaired) electrons. The van der Waals surface area contributed by atoms with Gasteiger partial charge in [-0.25, -0.2) is 0 Å². The molecule has 0 unspecified atom stereocenters. The summed E-state index contributed by atoms with van der Waals surface area (Å²) >= 11 is 0. The fraction of sp³-hybridized carbons (Fsp3) is 0. The first-order valence-electron chi connectivity index (χ1n) is 24.7. The normalized spacial score (nSPS) is 11.8. The van der Waals surface area contributed by atoms with Gasteiger partial charge in [-0.15, -0.1) is 0 Å². The van der Waals surface area contributed by atoms with Gasteiger partial charge in [0.05, 0.1) is 55.3 Å². The van der Waals surface area contributed by atoms with Crippen LogP contribution < -0.4 is 0 Å². The summed E-state index contributed by atoms with van der Waals surface area (Å²) in [6.07, 6.45) is 0. The van der Waals surface area contributed by atoms with Crippen LogP contribution in [0, 0.1) is 22.7 Å². The minimum Gasteiger partial charge on any atom is -0.455 e. The number of nitriles is 2. The molecule has 0 saturated carbocycles. The van der Waals surface area contributed by atoms with Crippen LogP contribution in [0.2, 0.25) is 0 Å². The second-order valence-corrected chi connectivity index (χ2v) is 18.9. The number of fused-ring (bicyclic) bond motifs is 14. The Morgan fingerprint density at radius 2 is 0.649 bits per heavy atom. The zero-order valence-corrected chi connectivity index (χ0v) is 39.5. The molecule has 0 atom stereocenters. The third-order valence-corrected chi connectivity index (χ3v) is 15.0.